The van der Waals surface area contributed by atoms with E-state index in [1.54, 1.807) is 6.08 Å². The first kappa shape index (κ1) is 17.0. The van der Waals surface area contributed by atoms with Crippen molar-refractivity contribution in [3.63, 3.8) is 0 Å². The van der Waals surface area contributed by atoms with Crippen LogP contribution in [0.4, 0.5) is 0 Å². The predicted molar refractivity (Wildman–Crippen MR) is 87.9 cm³/mol. The van der Waals surface area contributed by atoms with E-state index < -0.39 is 30.5 Å². The molecule has 0 aromatic carbocycles. The molecule has 0 heterocycles. The fourth-order valence-electron chi connectivity index (χ4n) is 6.68. The largest absolute Gasteiger partial charge is 0.390 e. The third-order valence-corrected chi connectivity index (χ3v) is 8.17. The van der Waals surface area contributed by atoms with Crippen LogP contribution in [0.5, 0.6) is 0 Å². The average Bonchev–Trinajstić information content (AvgIpc) is 2.77. The zero-order valence-corrected chi connectivity index (χ0v) is 14.5. The van der Waals surface area contributed by atoms with Gasteiger partial charge in [0, 0.05) is 0 Å². The van der Waals surface area contributed by atoms with Gasteiger partial charge in [0.25, 0.3) is 0 Å². The SMILES string of the molecule is C[C@]12CC[C@H]3[C@@H]([C@H](O)C=C4[C@@H](O)[C@@H](O)CC[C@@]43C)[C@@H]1C[C@H](O)[C@@H]2O. The molecular formula is C19H30O5. The molecule has 0 aliphatic heterocycles. The van der Waals surface area contributed by atoms with Gasteiger partial charge in [0.05, 0.1) is 24.4 Å². The van der Waals surface area contributed by atoms with Gasteiger partial charge in [0.15, 0.2) is 0 Å². The van der Waals surface area contributed by atoms with Gasteiger partial charge in [-0.25, -0.2) is 0 Å². The maximum Gasteiger partial charge on any atom is 0.101 e. The zero-order valence-electron chi connectivity index (χ0n) is 14.5. The maximum atomic E-state index is 10.9. The molecule has 3 saturated carbocycles. The first-order valence-electron chi connectivity index (χ1n) is 9.32. The van der Waals surface area contributed by atoms with Gasteiger partial charge in [-0.3, -0.25) is 0 Å². The lowest BCUT2D eigenvalue weighted by molar-refractivity contribution is -0.120. The molecule has 5 heteroatoms. The molecule has 3 fully saturated rings. The summed E-state index contributed by atoms with van der Waals surface area (Å²) < 4.78 is 0. The Labute approximate surface area is 143 Å². The zero-order chi connectivity index (χ0) is 17.4. The van der Waals surface area contributed by atoms with Gasteiger partial charge in [0.2, 0.25) is 0 Å². The van der Waals surface area contributed by atoms with Crippen LogP contribution in [0.25, 0.3) is 0 Å². The molecule has 0 amide bonds. The van der Waals surface area contributed by atoms with Crippen LogP contribution in [-0.4, -0.2) is 56.1 Å². The van der Waals surface area contributed by atoms with E-state index >= 15 is 0 Å². The first-order valence-corrected chi connectivity index (χ1v) is 9.32. The minimum Gasteiger partial charge on any atom is -0.390 e. The van der Waals surface area contributed by atoms with Crippen LogP contribution in [0.3, 0.4) is 0 Å². The summed E-state index contributed by atoms with van der Waals surface area (Å²) in [7, 11) is 0. The molecule has 0 radical (unpaired) electrons. The fraction of sp³-hybridized carbons (Fsp3) is 0.895. The number of hydrogen-bond donors (Lipinski definition) is 5. The summed E-state index contributed by atoms with van der Waals surface area (Å²) in [6, 6.07) is 0. The summed E-state index contributed by atoms with van der Waals surface area (Å²) >= 11 is 0. The lowest BCUT2D eigenvalue weighted by Gasteiger charge is -2.59. The summed E-state index contributed by atoms with van der Waals surface area (Å²) in [5.41, 5.74) is 0.219. The van der Waals surface area contributed by atoms with Crippen molar-refractivity contribution in [1.29, 1.82) is 0 Å². The normalized spacial score (nSPS) is 60.0. The number of aliphatic hydroxyl groups excluding tert-OH is 5. The Morgan fingerprint density at radius 1 is 0.917 bits per heavy atom. The quantitative estimate of drug-likeness (QED) is 0.416. The summed E-state index contributed by atoms with van der Waals surface area (Å²) in [6.07, 6.45) is 1.57. The Hall–Kier alpha value is -0.460. The lowest BCUT2D eigenvalue weighted by Crippen LogP contribution is -2.57. The molecular weight excluding hydrogens is 308 g/mol. The lowest BCUT2D eigenvalue weighted by atomic mass is 9.47. The van der Waals surface area contributed by atoms with E-state index in [1.807, 2.05) is 6.92 Å². The van der Waals surface area contributed by atoms with Crippen molar-refractivity contribution in [1.82, 2.24) is 0 Å². The van der Waals surface area contributed by atoms with E-state index in [-0.39, 0.29) is 28.6 Å². The van der Waals surface area contributed by atoms with E-state index in [0.29, 0.717) is 12.8 Å². The third kappa shape index (κ3) is 1.99. The molecule has 5 nitrogen and oxygen atoms in total. The second-order valence-corrected chi connectivity index (χ2v) is 9.16. The van der Waals surface area contributed by atoms with E-state index in [2.05, 4.69) is 6.92 Å². The molecule has 0 unspecified atom stereocenters. The molecule has 4 rings (SSSR count). The minimum absolute atomic E-state index is 0.00765. The van der Waals surface area contributed by atoms with Crippen LogP contribution in [-0.2, 0) is 0 Å². The Balaban J connectivity index is 1.76. The number of hydrogen-bond acceptors (Lipinski definition) is 5. The Bertz CT molecular complexity index is 562. The van der Waals surface area contributed by atoms with Crippen molar-refractivity contribution in [2.24, 2.45) is 28.6 Å². The van der Waals surface area contributed by atoms with Gasteiger partial charge >= 0.3 is 0 Å². The van der Waals surface area contributed by atoms with Crippen molar-refractivity contribution in [3.8, 4) is 0 Å². The number of rotatable bonds is 0. The number of fused-ring (bicyclic) bond motifs is 5. The van der Waals surface area contributed by atoms with Crippen LogP contribution >= 0.6 is 0 Å². The molecule has 0 saturated heterocycles. The van der Waals surface area contributed by atoms with Gasteiger partial charge in [0.1, 0.15) is 6.10 Å². The van der Waals surface area contributed by atoms with Gasteiger partial charge in [-0.05, 0) is 66.3 Å². The minimum atomic E-state index is -0.896. The smallest absolute Gasteiger partial charge is 0.101 e. The van der Waals surface area contributed by atoms with E-state index in [0.717, 1.165) is 24.8 Å². The Kier molecular flexibility index (Phi) is 3.73. The topological polar surface area (TPSA) is 101 Å². The summed E-state index contributed by atoms with van der Waals surface area (Å²) in [5, 5.41) is 52.1. The molecule has 10 atom stereocenters. The van der Waals surface area contributed by atoms with E-state index in [1.165, 1.54) is 0 Å². The molecule has 0 aromatic heterocycles. The molecule has 24 heavy (non-hydrogen) atoms. The molecule has 0 spiro atoms. The third-order valence-electron chi connectivity index (χ3n) is 8.17. The molecule has 0 aromatic rings. The second kappa shape index (κ2) is 5.27. The van der Waals surface area contributed by atoms with E-state index in [4.69, 9.17) is 0 Å². The van der Waals surface area contributed by atoms with Crippen LogP contribution in [0.1, 0.15) is 46.0 Å². The molecule has 0 bridgehead atoms. The van der Waals surface area contributed by atoms with Crippen molar-refractivity contribution in [3.05, 3.63) is 11.6 Å². The highest BCUT2D eigenvalue weighted by atomic mass is 16.3. The van der Waals surface area contributed by atoms with Gasteiger partial charge < -0.3 is 25.5 Å². The second-order valence-electron chi connectivity index (χ2n) is 9.16. The predicted octanol–water partition coefficient (Wildman–Crippen LogP) is 0.583. The van der Waals surface area contributed by atoms with Crippen LogP contribution in [0, 0.1) is 28.6 Å². The summed E-state index contributed by atoms with van der Waals surface area (Å²) in [4.78, 5) is 0. The average molecular weight is 338 g/mol. The molecule has 5 N–H and O–H groups in total. The molecule has 136 valence electrons. The monoisotopic (exact) mass is 338 g/mol. The van der Waals surface area contributed by atoms with Crippen molar-refractivity contribution in [2.45, 2.75) is 76.5 Å². The Morgan fingerprint density at radius 3 is 2.33 bits per heavy atom. The highest BCUT2D eigenvalue weighted by Crippen LogP contribution is 2.64. The first-order chi connectivity index (χ1) is 11.2. The van der Waals surface area contributed by atoms with Crippen LogP contribution in [0.15, 0.2) is 11.6 Å². The van der Waals surface area contributed by atoms with Crippen LogP contribution in [0.2, 0.25) is 0 Å². The summed E-state index contributed by atoms with van der Waals surface area (Å²) in [5.74, 6) is 0.284. The van der Waals surface area contributed by atoms with Crippen molar-refractivity contribution >= 4 is 0 Å². The standard InChI is InChI=1S/C19H30O5/c1-18-6-4-12(20)16(23)11(18)8-13(21)15-9(18)3-5-19(2)10(15)7-14(22)17(19)24/h8-10,12-17,20-24H,3-7H2,1-2H3/t9-,10-,12-,13+,14-,15+,16+,17-,18+,19-/m0/s1. The van der Waals surface area contributed by atoms with Gasteiger partial charge in [-0.2, -0.15) is 0 Å². The maximum absolute atomic E-state index is 10.9. The highest BCUT2D eigenvalue weighted by Gasteiger charge is 2.63. The van der Waals surface area contributed by atoms with Crippen molar-refractivity contribution in [2.75, 3.05) is 0 Å². The molecule has 4 aliphatic rings. The fourth-order valence-corrected chi connectivity index (χ4v) is 6.68. The van der Waals surface area contributed by atoms with Gasteiger partial charge in [-0.15, -0.1) is 0 Å². The van der Waals surface area contributed by atoms with Gasteiger partial charge in [-0.1, -0.05) is 19.9 Å². The highest BCUT2D eigenvalue weighted by molar-refractivity contribution is 5.31. The molecule has 4 aliphatic carbocycles. The summed E-state index contributed by atoms with van der Waals surface area (Å²) in [6.45, 7) is 4.20. The Morgan fingerprint density at radius 2 is 1.62 bits per heavy atom. The van der Waals surface area contributed by atoms with E-state index in [9.17, 15) is 25.5 Å². The number of aliphatic hydroxyl groups is 5. The van der Waals surface area contributed by atoms with Crippen LogP contribution < -0.4 is 0 Å². The van der Waals surface area contributed by atoms with Crippen molar-refractivity contribution < 1.29 is 25.5 Å².